The van der Waals surface area contributed by atoms with Crippen molar-refractivity contribution >= 4 is 35.0 Å². The van der Waals surface area contributed by atoms with Gasteiger partial charge in [-0.1, -0.05) is 43.7 Å². The van der Waals surface area contributed by atoms with Crippen molar-refractivity contribution in [1.82, 2.24) is 0 Å². The third kappa shape index (κ3) is 4.89. The van der Waals surface area contributed by atoms with Crippen LogP contribution in [-0.2, 0) is 11.2 Å². The summed E-state index contributed by atoms with van der Waals surface area (Å²) >= 11 is 1.62. The van der Waals surface area contributed by atoms with Crippen molar-refractivity contribution in [3.8, 4) is 11.5 Å². The van der Waals surface area contributed by atoms with Gasteiger partial charge in [-0.3, -0.25) is 14.5 Å². The fraction of sp³-hybridized carbons (Fsp3) is 0.259. The molecule has 0 spiro atoms. The SMILES string of the molecule is CCCc1ccccc1N1C(=O)CSC1c1ccc(NC(=O)c2ccc(OC)cc2OC)cc1. The van der Waals surface area contributed by atoms with E-state index in [0.717, 1.165) is 24.1 Å². The summed E-state index contributed by atoms with van der Waals surface area (Å²) in [7, 11) is 3.08. The number of methoxy groups -OCH3 is 2. The van der Waals surface area contributed by atoms with Gasteiger partial charge in [-0.2, -0.15) is 0 Å². The summed E-state index contributed by atoms with van der Waals surface area (Å²) in [6, 6.07) is 20.9. The minimum Gasteiger partial charge on any atom is -0.497 e. The van der Waals surface area contributed by atoms with Crippen LogP contribution in [0.25, 0.3) is 0 Å². The zero-order chi connectivity index (χ0) is 24.1. The number of para-hydroxylation sites is 1. The zero-order valence-electron chi connectivity index (χ0n) is 19.5. The molecule has 1 atom stereocenters. The number of carbonyl (C=O) groups excluding carboxylic acids is 2. The van der Waals surface area contributed by atoms with Gasteiger partial charge in [0.2, 0.25) is 5.91 Å². The predicted octanol–water partition coefficient (Wildman–Crippen LogP) is 5.69. The Morgan fingerprint density at radius 1 is 1.06 bits per heavy atom. The summed E-state index contributed by atoms with van der Waals surface area (Å²) in [5.74, 6) is 1.35. The lowest BCUT2D eigenvalue weighted by molar-refractivity contribution is -0.115. The number of carbonyl (C=O) groups is 2. The lowest BCUT2D eigenvalue weighted by Gasteiger charge is -2.26. The molecule has 1 unspecified atom stereocenters. The Balaban J connectivity index is 1.53. The topological polar surface area (TPSA) is 67.9 Å². The zero-order valence-corrected chi connectivity index (χ0v) is 20.4. The summed E-state index contributed by atoms with van der Waals surface area (Å²) in [6.45, 7) is 2.14. The Labute approximate surface area is 204 Å². The van der Waals surface area contributed by atoms with Crippen LogP contribution in [0.5, 0.6) is 11.5 Å². The molecule has 0 aliphatic carbocycles. The summed E-state index contributed by atoms with van der Waals surface area (Å²) < 4.78 is 10.5. The molecule has 176 valence electrons. The molecule has 0 saturated carbocycles. The van der Waals surface area contributed by atoms with Gasteiger partial charge < -0.3 is 14.8 Å². The number of hydrogen-bond acceptors (Lipinski definition) is 5. The second kappa shape index (κ2) is 10.7. The van der Waals surface area contributed by atoms with E-state index in [2.05, 4.69) is 18.3 Å². The first-order chi connectivity index (χ1) is 16.5. The van der Waals surface area contributed by atoms with Gasteiger partial charge in [0.05, 0.1) is 25.5 Å². The molecule has 1 heterocycles. The lowest BCUT2D eigenvalue weighted by Crippen LogP contribution is -2.28. The number of hydrogen-bond donors (Lipinski definition) is 1. The fourth-order valence-electron chi connectivity index (χ4n) is 4.07. The maximum absolute atomic E-state index is 12.8. The number of amides is 2. The molecule has 0 radical (unpaired) electrons. The van der Waals surface area contributed by atoms with Crippen LogP contribution < -0.4 is 19.7 Å². The summed E-state index contributed by atoms with van der Waals surface area (Å²) in [5.41, 5.74) is 4.26. The van der Waals surface area contributed by atoms with Crippen molar-refractivity contribution in [1.29, 1.82) is 0 Å². The van der Waals surface area contributed by atoms with Crippen LogP contribution in [0.2, 0.25) is 0 Å². The third-order valence-electron chi connectivity index (χ3n) is 5.75. The first kappa shape index (κ1) is 23.7. The molecule has 4 rings (SSSR count). The highest BCUT2D eigenvalue weighted by atomic mass is 32.2. The highest BCUT2D eigenvalue weighted by molar-refractivity contribution is 8.00. The minimum atomic E-state index is -0.271. The predicted molar refractivity (Wildman–Crippen MR) is 137 cm³/mol. The van der Waals surface area contributed by atoms with Crippen molar-refractivity contribution in [2.24, 2.45) is 0 Å². The largest absolute Gasteiger partial charge is 0.497 e. The average molecular weight is 477 g/mol. The molecule has 6 nitrogen and oxygen atoms in total. The molecule has 2 amide bonds. The van der Waals surface area contributed by atoms with Gasteiger partial charge in [0.25, 0.3) is 5.91 Å². The first-order valence-electron chi connectivity index (χ1n) is 11.2. The number of nitrogens with zero attached hydrogens (tertiary/aromatic N) is 1. The lowest BCUT2D eigenvalue weighted by atomic mass is 10.1. The van der Waals surface area contributed by atoms with Gasteiger partial charge in [0, 0.05) is 17.4 Å². The van der Waals surface area contributed by atoms with Crippen molar-refractivity contribution in [2.75, 3.05) is 30.2 Å². The molecule has 1 N–H and O–H groups in total. The molecule has 34 heavy (non-hydrogen) atoms. The fourth-order valence-corrected chi connectivity index (χ4v) is 5.24. The van der Waals surface area contributed by atoms with E-state index in [9.17, 15) is 9.59 Å². The van der Waals surface area contributed by atoms with Gasteiger partial charge in [-0.15, -0.1) is 11.8 Å². The number of benzene rings is 3. The van der Waals surface area contributed by atoms with Crippen LogP contribution in [-0.4, -0.2) is 31.8 Å². The molecule has 0 aromatic heterocycles. The molecular weight excluding hydrogens is 448 g/mol. The van der Waals surface area contributed by atoms with Crippen molar-refractivity contribution in [2.45, 2.75) is 25.1 Å². The van der Waals surface area contributed by atoms with Gasteiger partial charge in [-0.05, 0) is 47.9 Å². The molecular formula is C27H28N2O4S. The number of ether oxygens (including phenoxy) is 2. The Hall–Kier alpha value is -3.45. The van der Waals surface area contributed by atoms with Crippen LogP contribution >= 0.6 is 11.8 Å². The van der Waals surface area contributed by atoms with Crippen molar-refractivity contribution < 1.29 is 19.1 Å². The molecule has 3 aromatic rings. The van der Waals surface area contributed by atoms with Gasteiger partial charge in [0.15, 0.2) is 0 Å². The van der Waals surface area contributed by atoms with Crippen LogP contribution in [0.4, 0.5) is 11.4 Å². The van der Waals surface area contributed by atoms with E-state index in [4.69, 9.17) is 9.47 Å². The van der Waals surface area contributed by atoms with E-state index in [1.165, 1.54) is 12.7 Å². The summed E-state index contributed by atoms with van der Waals surface area (Å²) in [4.78, 5) is 27.6. The molecule has 1 saturated heterocycles. The molecule has 0 bridgehead atoms. The molecule has 1 aliphatic rings. The summed E-state index contributed by atoms with van der Waals surface area (Å²) in [6.07, 6.45) is 1.95. The van der Waals surface area contributed by atoms with Gasteiger partial charge in [-0.25, -0.2) is 0 Å². The third-order valence-corrected chi connectivity index (χ3v) is 6.96. The Kier molecular flexibility index (Phi) is 7.43. The van der Waals surface area contributed by atoms with Gasteiger partial charge in [0.1, 0.15) is 16.9 Å². The Bertz CT molecular complexity index is 1180. The average Bonchev–Trinajstić information content (AvgIpc) is 3.25. The van der Waals surface area contributed by atoms with E-state index in [1.807, 2.05) is 47.4 Å². The minimum absolute atomic E-state index is 0.100. The van der Waals surface area contributed by atoms with Gasteiger partial charge >= 0.3 is 0 Å². The van der Waals surface area contributed by atoms with E-state index in [-0.39, 0.29) is 17.2 Å². The number of rotatable bonds is 8. The molecule has 1 aliphatic heterocycles. The van der Waals surface area contributed by atoms with Crippen LogP contribution in [0, 0.1) is 0 Å². The highest BCUT2D eigenvalue weighted by Gasteiger charge is 2.35. The smallest absolute Gasteiger partial charge is 0.259 e. The van der Waals surface area contributed by atoms with Crippen molar-refractivity contribution in [3.63, 3.8) is 0 Å². The maximum atomic E-state index is 12.8. The maximum Gasteiger partial charge on any atom is 0.259 e. The van der Waals surface area contributed by atoms with E-state index in [0.29, 0.717) is 28.5 Å². The molecule has 3 aromatic carbocycles. The molecule has 1 fully saturated rings. The normalized spacial score (nSPS) is 15.3. The standard InChI is InChI=1S/C27H28N2O4S/c1-4-7-18-8-5-6-9-23(18)29-25(30)17-34-27(29)19-10-12-20(13-11-19)28-26(31)22-15-14-21(32-2)16-24(22)33-3/h5-6,8-16,27H,4,7,17H2,1-3H3,(H,28,31). The van der Waals surface area contributed by atoms with E-state index >= 15 is 0 Å². The number of thioether (sulfide) groups is 1. The number of nitrogens with one attached hydrogen (secondary N) is 1. The number of anilines is 2. The Morgan fingerprint density at radius 3 is 2.53 bits per heavy atom. The van der Waals surface area contributed by atoms with E-state index in [1.54, 1.807) is 37.1 Å². The monoisotopic (exact) mass is 476 g/mol. The Morgan fingerprint density at radius 2 is 1.82 bits per heavy atom. The van der Waals surface area contributed by atoms with Crippen molar-refractivity contribution in [3.05, 3.63) is 83.4 Å². The van der Waals surface area contributed by atoms with Crippen LogP contribution in [0.15, 0.2) is 66.7 Å². The van der Waals surface area contributed by atoms with Crippen LogP contribution in [0.1, 0.15) is 40.2 Å². The summed E-state index contributed by atoms with van der Waals surface area (Å²) in [5, 5.41) is 2.82. The second-order valence-electron chi connectivity index (χ2n) is 7.95. The second-order valence-corrected chi connectivity index (χ2v) is 9.02. The quantitative estimate of drug-likeness (QED) is 0.453. The highest BCUT2D eigenvalue weighted by Crippen LogP contribution is 2.43. The van der Waals surface area contributed by atoms with Crippen LogP contribution in [0.3, 0.4) is 0 Å². The molecule has 7 heteroatoms. The number of aryl methyl sites for hydroxylation is 1. The van der Waals surface area contributed by atoms with E-state index < -0.39 is 0 Å². The first-order valence-corrected chi connectivity index (χ1v) is 12.3.